The third-order valence-electron chi connectivity index (χ3n) is 2.75. The molecular formula is C12H11NO4S. The van der Waals surface area contributed by atoms with Crippen LogP contribution < -0.4 is 0 Å². The number of pyridine rings is 1. The summed E-state index contributed by atoms with van der Waals surface area (Å²) in [5.41, 5.74) is 0.590. The molecule has 0 atom stereocenters. The average molecular weight is 265 g/mol. The molecule has 2 rings (SSSR count). The average Bonchev–Trinajstić information content (AvgIpc) is 2.32. The second-order valence-electron chi connectivity index (χ2n) is 3.82. The molecule has 1 heterocycles. The highest BCUT2D eigenvalue weighted by molar-refractivity contribution is 7.71. The molecule has 0 aliphatic heterocycles. The lowest BCUT2D eigenvalue weighted by molar-refractivity contribution is 0.0695. The van der Waals surface area contributed by atoms with Gasteiger partial charge in [0.15, 0.2) is 11.5 Å². The summed E-state index contributed by atoms with van der Waals surface area (Å²) < 4.78 is 1.81. The van der Waals surface area contributed by atoms with E-state index in [0.717, 1.165) is 0 Å². The number of phenolic OH excluding ortho intramolecular Hbond substituents is 2. The minimum absolute atomic E-state index is 0.00411. The smallest absolute Gasteiger partial charge is 0.338 e. The third kappa shape index (κ3) is 1.80. The van der Waals surface area contributed by atoms with E-state index in [-0.39, 0.29) is 21.6 Å². The Morgan fingerprint density at radius 2 is 1.94 bits per heavy atom. The summed E-state index contributed by atoms with van der Waals surface area (Å²) in [5, 5.41) is 28.5. The number of hydrogen-bond donors (Lipinski definition) is 3. The Hall–Kier alpha value is -2.08. The normalized spacial score (nSPS) is 10.7. The summed E-state index contributed by atoms with van der Waals surface area (Å²) in [6.07, 6.45) is 1.43. The number of nitrogens with zero attached hydrogens (tertiary/aromatic N) is 1. The van der Waals surface area contributed by atoms with Crippen molar-refractivity contribution in [2.75, 3.05) is 0 Å². The van der Waals surface area contributed by atoms with E-state index in [2.05, 4.69) is 0 Å². The van der Waals surface area contributed by atoms with Crippen LogP contribution in [0.5, 0.6) is 11.5 Å². The van der Waals surface area contributed by atoms with Crippen molar-refractivity contribution in [3.8, 4) is 11.5 Å². The van der Waals surface area contributed by atoms with Crippen LogP contribution in [0.1, 0.15) is 17.3 Å². The van der Waals surface area contributed by atoms with Gasteiger partial charge < -0.3 is 19.9 Å². The first-order valence-electron chi connectivity index (χ1n) is 5.28. The first-order valence-corrected chi connectivity index (χ1v) is 5.69. The van der Waals surface area contributed by atoms with Crippen molar-refractivity contribution in [2.45, 2.75) is 13.5 Å². The number of hydrogen-bond acceptors (Lipinski definition) is 4. The highest BCUT2D eigenvalue weighted by Gasteiger charge is 2.13. The van der Waals surface area contributed by atoms with Gasteiger partial charge in [0.2, 0.25) is 0 Å². The van der Waals surface area contributed by atoms with Crippen LogP contribution in [0.25, 0.3) is 10.9 Å². The van der Waals surface area contributed by atoms with Crippen molar-refractivity contribution >= 4 is 29.1 Å². The number of benzene rings is 1. The minimum atomic E-state index is -1.11. The van der Waals surface area contributed by atoms with E-state index < -0.39 is 5.97 Å². The topological polar surface area (TPSA) is 82.7 Å². The van der Waals surface area contributed by atoms with Gasteiger partial charge in [-0.05, 0) is 13.0 Å². The molecule has 0 amide bonds. The van der Waals surface area contributed by atoms with E-state index in [9.17, 15) is 15.0 Å². The van der Waals surface area contributed by atoms with Gasteiger partial charge in [-0.2, -0.15) is 0 Å². The molecule has 1 aromatic heterocycles. The second-order valence-corrected chi connectivity index (χ2v) is 4.23. The fourth-order valence-electron chi connectivity index (χ4n) is 1.83. The molecule has 0 aliphatic rings. The van der Waals surface area contributed by atoms with Crippen molar-refractivity contribution in [3.63, 3.8) is 0 Å². The Kier molecular flexibility index (Phi) is 2.96. The van der Waals surface area contributed by atoms with Gasteiger partial charge >= 0.3 is 5.97 Å². The number of carbonyl (C=O) groups is 1. The lowest BCUT2D eigenvalue weighted by Gasteiger charge is -2.12. The van der Waals surface area contributed by atoms with Crippen molar-refractivity contribution in [2.24, 2.45) is 0 Å². The summed E-state index contributed by atoms with van der Waals surface area (Å²) in [6, 6.07) is 2.65. The molecule has 0 unspecified atom stereocenters. The molecule has 0 aliphatic carbocycles. The number of carboxylic acid groups (broad SMARTS) is 1. The highest BCUT2D eigenvalue weighted by Crippen LogP contribution is 2.31. The van der Waals surface area contributed by atoms with Gasteiger partial charge in [0.25, 0.3) is 0 Å². The number of rotatable bonds is 2. The van der Waals surface area contributed by atoms with Gasteiger partial charge in [-0.15, -0.1) is 0 Å². The highest BCUT2D eigenvalue weighted by atomic mass is 32.1. The second kappa shape index (κ2) is 4.30. The maximum absolute atomic E-state index is 11.1. The number of fused-ring (bicyclic) bond motifs is 1. The van der Waals surface area contributed by atoms with E-state index >= 15 is 0 Å². The quantitative estimate of drug-likeness (QED) is 0.574. The molecule has 0 saturated carbocycles. The van der Waals surface area contributed by atoms with Crippen LogP contribution in [0.3, 0.4) is 0 Å². The van der Waals surface area contributed by atoms with Crippen LogP contribution in [0.15, 0.2) is 18.3 Å². The van der Waals surface area contributed by atoms with Crippen molar-refractivity contribution in [1.82, 2.24) is 4.57 Å². The van der Waals surface area contributed by atoms with Gasteiger partial charge in [-0.1, -0.05) is 12.2 Å². The van der Waals surface area contributed by atoms with Gasteiger partial charge in [-0.25, -0.2) is 4.79 Å². The molecule has 3 N–H and O–H groups in total. The largest absolute Gasteiger partial charge is 0.504 e. The van der Waals surface area contributed by atoms with Crippen molar-refractivity contribution < 1.29 is 20.1 Å². The summed E-state index contributed by atoms with van der Waals surface area (Å²) in [5.74, 6) is -1.70. The molecule has 1 aromatic carbocycles. The molecule has 0 bridgehead atoms. The fourth-order valence-corrected chi connectivity index (χ4v) is 2.13. The summed E-state index contributed by atoms with van der Waals surface area (Å²) in [7, 11) is 0. The van der Waals surface area contributed by atoms with Crippen LogP contribution in [-0.2, 0) is 6.54 Å². The lowest BCUT2D eigenvalue weighted by atomic mass is 10.1. The van der Waals surface area contributed by atoms with Crippen LogP contribution in [-0.4, -0.2) is 25.9 Å². The first-order chi connectivity index (χ1) is 8.45. The van der Waals surface area contributed by atoms with E-state index in [1.54, 1.807) is 4.57 Å². The predicted molar refractivity (Wildman–Crippen MR) is 68.7 cm³/mol. The number of aromatic carboxylic acids is 1. The number of phenols is 2. The third-order valence-corrected chi connectivity index (χ3v) is 3.19. The Morgan fingerprint density at radius 1 is 1.33 bits per heavy atom. The Morgan fingerprint density at radius 3 is 2.50 bits per heavy atom. The van der Waals surface area contributed by atoms with Crippen LogP contribution >= 0.6 is 12.2 Å². The molecule has 94 valence electrons. The van der Waals surface area contributed by atoms with Gasteiger partial charge in [0.1, 0.15) is 0 Å². The molecular weight excluding hydrogens is 254 g/mol. The number of aromatic nitrogens is 1. The number of aromatic hydroxyl groups is 2. The zero-order chi connectivity index (χ0) is 13.4. The molecule has 0 spiro atoms. The zero-order valence-corrected chi connectivity index (χ0v) is 10.4. The van der Waals surface area contributed by atoms with E-state index in [0.29, 0.717) is 17.4 Å². The number of carboxylic acids is 1. The molecule has 0 radical (unpaired) electrons. The molecule has 2 aromatic rings. The SMILES string of the molecule is CCn1cc(C(=O)O)c(=S)c2cc(O)c(O)cc21. The molecule has 0 saturated heterocycles. The Labute approximate surface area is 108 Å². The van der Waals surface area contributed by atoms with E-state index in [1.807, 2.05) is 6.92 Å². The minimum Gasteiger partial charge on any atom is -0.504 e. The molecule has 0 fully saturated rings. The molecule has 18 heavy (non-hydrogen) atoms. The van der Waals surface area contributed by atoms with Crippen LogP contribution in [0.4, 0.5) is 0 Å². The standard InChI is InChI=1S/C12H11NO4S/c1-2-13-5-7(12(16)17)11(18)6-3-9(14)10(15)4-8(6)13/h3-5,14-15H,2H2,1H3,(H,16,17). The summed E-state index contributed by atoms with van der Waals surface area (Å²) >= 11 is 5.09. The first kappa shape index (κ1) is 12.4. The van der Waals surface area contributed by atoms with E-state index in [4.69, 9.17) is 17.3 Å². The Balaban J connectivity index is 2.99. The lowest BCUT2D eigenvalue weighted by Crippen LogP contribution is -2.05. The van der Waals surface area contributed by atoms with Gasteiger partial charge in [-0.3, -0.25) is 0 Å². The molecule has 6 heteroatoms. The predicted octanol–water partition coefficient (Wildman–Crippen LogP) is 2.50. The maximum atomic E-state index is 11.1. The maximum Gasteiger partial charge on any atom is 0.338 e. The number of aryl methyl sites for hydroxylation is 1. The van der Waals surface area contributed by atoms with Crippen molar-refractivity contribution in [3.05, 3.63) is 28.4 Å². The van der Waals surface area contributed by atoms with E-state index in [1.165, 1.54) is 18.3 Å². The van der Waals surface area contributed by atoms with Gasteiger partial charge in [0, 0.05) is 24.2 Å². The summed E-state index contributed by atoms with van der Waals surface area (Å²) in [6.45, 7) is 2.37. The fraction of sp³-hybridized carbons (Fsp3) is 0.167. The monoisotopic (exact) mass is 265 g/mol. The molecule has 5 nitrogen and oxygen atoms in total. The summed E-state index contributed by atoms with van der Waals surface area (Å²) in [4.78, 5) is 11.1. The van der Waals surface area contributed by atoms with Gasteiger partial charge in [0.05, 0.1) is 15.6 Å². The zero-order valence-electron chi connectivity index (χ0n) is 9.54. The Bertz CT molecular complexity index is 705. The van der Waals surface area contributed by atoms with Crippen LogP contribution in [0.2, 0.25) is 0 Å². The van der Waals surface area contributed by atoms with Crippen LogP contribution in [0, 0.1) is 4.51 Å². The van der Waals surface area contributed by atoms with Crippen molar-refractivity contribution in [1.29, 1.82) is 0 Å².